The standard InChI is InChI=1S/C40H51N3O4S/c1-5-29(3)41-39(45)37(22-30-11-7-6-8-12-30)42(26-31-13-9-10-28(2)18-31)38(44)27-43(48(4,46)47)36-16-14-35(15-17-36)40-23-32-19-33(24-40)21-34(20-32)25-40/h6-18,29,32-34,37H,5,19-27H2,1-4H3,(H,41,45)/t29-,32?,33?,34?,37+,40?/m1/s1. The molecule has 7 rings (SSSR count). The SMILES string of the molecule is CC[C@@H](C)NC(=O)[C@H](Cc1ccccc1)N(Cc1cccc(C)c1)C(=O)CN(c1ccc(C23CC4CC(CC(C4)C2)C3)cc1)S(C)(=O)=O. The summed E-state index contributed by atoms with van der Waals surface area (Å²) in [5.74, 6) is 1.75. The van der Waals surface area contributed by atoms with E-state index in [0.29, 0.717) is 12.1 Å². The van der Waals surface area contributed by atoms with Gasteiger partial charge < -0.3 is 10.2 Å². The fraction of sp³-hybridized carbons (Fsp3) is 0.500. The molecule has 0 saturated heterocycles. The van der Waals surface area contributed by atoms with Crippen LogP contribution >= 0.6 is 0 Å². The van der Waals surface area contributed by atoms with E-state index in [1.54, 1.807) is 4.90 Å². The molecule has 4 aliphatic rings. The van der Waals surface area contributed by atoms with Gasteiger partial charge in [0.05, 0.1) is 11.9 Å². The molecule has 0 aliphatic heterocycles. The Labute approximate surface area is 287 Å². The Kier molecular flexibility index (Phi) is 10.0. The van der Waals surface area contributed by atoms with Crippen LogP contribution in [0.2, 0.25) is 0 Å². The fourth-order valence-corrected chi connectivity index (χ4v) is 9.91. The molecule has 0 heterocycles. The molecular formula is C40H51N3O4S. The number of hydrogen-bond acceptors (Lipinski definition) is 4. The van der Waals surface area contributed by atoms with Crippen molar-refractivity contribution >= 4 is 27.5 Å². The molecule has 0 radical (unpaired) electrons. The summed E-state index contributed by atoms with van der Waals surface area (Å²) >= 11 is 0. The molecule has 2 atom stereocenters. The first-order chi connectivity index (χ1) is 22.9. The topological polar surface area (TPSA) is 86.8 Å². The van der Waals surface area contributed by atoms with Gasteiger partial charge in [-0.05, 0) is 111 Å². The van der Waals surface area contributed by atoms with Crippen LogP contribution in [-0.4, -0.2) is 50.0 Å². The van der Waals surface area contributed by atoms with Gasteiger partial charge in [0.2, 0.25) is 21.8 Å². The number of sulfonamides is 1. The van der Waals surface area contributed by atoms with E-state index in [9.17, 15) is 18.0 Å². The molecule has 2 amide bonds. The second-order valence-electron chi connectivity index (χ2n) is 15.0. The zero-order valence-electron chi connectivity index (χ0n) is 28.9. The van der Waals surface area contributed by atoms with Gasteiger partial charge in [-0.2, -0.15) is 0 Å². The monoisotopic (exact) mass is 669 g/mol. The predicted molar refractivity (Wildman–Crippen MR) is 192 cm³/mol. The highest BCUT2D eigenvalue weighted by atomic mass is 32.2. The average molecular weight is 670 g/mol. The third kappa shape index (κ3) is 7.64. The van der Waals surface area contributed by atoms with E-state index in [2.05, 4.69) is 17.4 Å². The van der Waals surface area contributed by atoms with E-state index in [4.69, 9.17) is 0 Å². The molecule has 0 unspecified atom stereocenters. The van der Waals surface area contributed by atoms with Gasteiger partial charge in [0.25, 0.3) is 0 Å². The Bertz CT molecular complexity index is 1670. The van der Waals surface area contributed by atoms with Crippen molar-refractivity contribution in [2.75, 3.05) is 17.1 Å². The number of nitrogens with zero attached hydrogens (tertiary/aromatic N) is 2. The van der Waals surface area contributed by atoms with Gasteiger partial charge in [-0.3, -0.25) is 13.9 Å². The van der Waals surface area contributed by atoms with E-state index in [-0.39, 0.29) is 23.9 Å². The number of nitrogens with one attached hydrogen (secondary N) is 1. The summed E-state index contributed by atoms with van der Waals surface area (Å²) in [6, 6.07) is 24.6. The number of anilines is 1. The molecule has 256 valence electrons. The van der Waals surface area contributed by atoms with Crippen molar-refractivity contribution < 1.29 is 18.0 Å². The Hall–Kier alpha value is -3.65. The minimum atomic E-state index is -3.83. The minimum Gasteiger partial charge on any atom is -0.352 e. The number of aryl methyl sites for hydroxylation is 1. The molecule has 4 bridgehead atoms. The van der Waals surface area contributed by atoms with Crippen LogP contribution in [0.5, 0.6) is 0 Å². The van der Waals surface area contributed by atoms with Crippen molar-refractivity contribution in [2.45, 2.75) is 96.2 Å². The Morgan fingerprint density at radius 3 is 2.04 bits per heavy atom. The molecular weight excluding hydrogens is 619 g/mol. The lowest BCUT2D eigenvalue weighted by atomic mass is 9.48. The van der Waals surface area contributed by atoms with Crippen LogP contribution in [0, 0.1) is 24.7 Å². The third-order valence-electron chi connectivity index (χ3n) is 11.2. The van der Waals surface area contributed by atoms with Crippen molar-refractivity contribution in [1.29, 1.82) is 0 Å². The lowest BCUT2D eigenvalue weighted by Crippen LogP contribution is -2.54. The zero-order valence-corrected chi connectivity index (χ0v) is 29.7. The van der Waals surface area contributed by atoms with Crippen LogP contribution in [0.25, 0.3) is 0 Å². The summed E-state index contributed by atoms with van der Waals surface area (Å²) in [7, 11) is -3.83. The highest BCUT2D eigenvalue weighted by Crippen LogP contribution is 2.60. The first kappa shape index (κ1) is 34.2. The maximum Gasteiger partial charge on any atom is 0.244 e. The van der Waals surface area contributed by atoms with Gasteiger partial charge >= 0.3 is 0 Å². The molecule has 8 heteroatoms. The van der Waals surface area contributed by atoms with Crippen molar-refractivity contribution in [3.63, 3.8) is 0 Å². The van der Waals surface area contributed by atoms with E-state index >= 15 is 0 Å². The maximum absolute atomic E-state index is 14.5. The average Bonchev–Trinajstić information content (AvgIpc) is 3.04. The zero-order chi connectivity index (χ0) is 34.1. The molecule has 4 fully saturated rings. The Morgan fingerprint density at radius 2 is 1.48 bits per heavy atom. The minimum absolute atomic E-state index is 0.0771. The summed E-state index contributed by atoms with van der Waals surface area (Å²) < 4.78 is 27.9. The first-order valence-corrected chi connectivity index (χ1v) is 19.5. The summed E-state index contributed by atoms with van der Waals surface area (Å²) in [6.45, 7) is 5.72. The van der Waals surface area contributed by atoms with Crippen molar-refractivity contribution in [3.8, 4) is 0 Å². The summed E-state index contributed by atoms with van der Waals surface area (Å²) in [5.41, 5.74) is 4.81. The van der Waals surface area contributed by atoms with Crippen molar-refractivity contribution in [1.82, 2.24) is 10.2 Å². The lowest BCUT2D eigenvalue weighted by molar-refractivity contribution is -0.140. The number of carbonyl (C=O) groups is 2. The first-order valence-electron chi connectivity index (χ1n) is 17.7. The fourth-order valence-electron chi connectivity index (χ4n) is 9.06. The van der Waals surface area contributed by atoms with E-state index < -0.39 is 28.5 Å². The smallest absolute Gasteiger partial charge is 0.244 e. The number of hydrogen-bond donors (Lipinski definition) is 1. The van der Waals surface area contributed by atoms with Gasteiger partial charge in [-0.1, -0.05) is 79.2 Å². The molecule has 1 N–H and O–H groups in total. The normalized spacial score (nSPS) is 24.1. The second kappa shape index (κ2) is 14.1. The molecule has 4 saturated carbocycles. The number of rotatable bonds is 13. The molecule has 4 aliphatic carbocycles. The lowest BCUT2D eigenvalue weighted by Gasteiger charge is -2.57. The quantitative estimate of drug-likeness (QED) is 0.217. The van der Waals surface area contributed by atoms with Gasteiger partial charge in [0.15, 0.2) is 0 Å². The number of amides is 2. The highest BCUT2D eigenvalue weighted by Gasteiger charge is 2.51. The number of benzene rings is 3. The molecule has 0 spiro atoms. The van der Waals surface area contributed by atoms with Gasteiger partial charge in [-0.15, -0.1) is 0 Å². The van der Waals surface area contributed by atoms with Crippen molar-refractivity contribution in [2.24, 2.45) is 17.8 Å². The molecule has 3 aromatic carbocycles. The Balaban J connectivity index is 1.31. The number of carbonyl (C=O) groups excluding carboxylic acids is 2. The summed E-state index contributed by atoms with van der Waals surface area (Å²) in [5, 5.41) is 3.09. The van der Waals surface area contributed by atoms with Crippen LogP contribution in [0.4, 0.5) is 5.69 Å². The largest absolute Gasteiger partial charge is 0.352 e. The van der Waals surface area contributed by atoms with Crippen LogP contribution in [0.1, 0.15) is 81.0 Å². The molecule has 0 aromatic heterocycles. The third-order valence-corrected chi connectivity index (χ3v) is 12.3. The van der Waals surface area contributed by atoms with Crippen LogP contribution < -0.4 is 9.62 Å². The second-order valence-corrected chi connectivity index (χ2v) is 17.0. The van der Waals surface area contributed by atoms with E-state index in [1.165, 1.54) is 48.4 Å². The highest BCUT2D eigenvalue weighted by molar-refractivity contribution is 7.92. The Morgan fingerprint density at radius 1 is 0.875 bits per heavy atom. The molecule has 3 aromatic rings. The van der Waals surface area contributed by atoms with Crippen molar-refractivity contribution in [3.05, 3.63) is 101 Å². The van der Waals surface area contributed by atoms with Crippen LogP contribution in [-0.2, 0) is 38.0 Å². The summed E-state index contributed by atoms with van der Waals surface area (Å²) in [6.07, 6.45) is 9.96. The van der Waals surface area contributed by atoms with Gasteiger partial charge in [0.1, 0.15) is 12.6 Å². The van der Waals surface area contributed by atoms with Gasteiger partial charge in [-0.25, -0.2) is 8.42 Å². The predicted octanol–water partition coefficient (Wildman–Crippen LogP) is 6.78. The maximum atomic E-state index is 14.5. The van der Waals surface area contributed by atoms with Gasteiger partial charge in [0, 0.05) is 19.0 Å². The van der Waals surface area contributed by atoms with Crippen LogP contribution in [0.15, 0.2) is 78.9 Å². The molecule has 48 heavy (non-hydrogen) atoms. The van der Waals surface area contributed by atoms with E-state index in [0.717, 1.165) is 47.1 Å². The van der Waals surface area contributed by atoms with E-state index in [1.807, 2.05) is 87.5 Å². The summed E-state index contributed by atoms with van der Waals surface area (Å²) in [4.78, 5) is 30.0. The van der Waals surface area contributed by atoms with Crippen LogP contribution in [0.3, 0.4) is 0 Å². The molecule has 7 nitrogen and oxygen atoms in total.